The second-order valence-corrected chi connectivity index (χ2v) is 5.98. The van der Waals surface area contributed by atoms with Gasteiger partial charge in [-0.15, -0.1) is 13.2 Å². The molecule has 3 aromatic carbocycles. The minimum atomic E-state index is -4.76. The number of hydrogen-bond acceptors (Lipinski definition) is 2. The first-order chi connectivity index (χ1) is 13.9. The molecule has 0 aliphatic heterocycles. The van der Waals surface area contributed by atoms with Crippen LogP contribution in [0.2, 0.25) is 0 Å². The van der Waals surface area contributed by atoms with E-state index in [-0.39, 0.29) is 5.75 Å². The fourth-order valence-electron chi connectivity index (χ4n) is 2.53. The standard InChI is InChI=1S/C22H17F3N2O2/c23-22(24,25)29-19-14-12-18(13-15-19)26-21(28)27-20-9-5-4-8-17(20)11-10-16-6-2-1-3-7-16/h1-15H,(H2,26,27,28)/b11-10+. The normalized spacial score (nSPS) is 11.3. The maximum Gasteiger partial charge on any atom is 0.573 e. The summed E-state index contributed by atoms with van der Waals surface area (Å²) >= 11 is 0. The van der Waals surface area contributed by atoms with Gasteiger partial charge in [0.15, 0.2) is 0 Å². The molecule has 0 aliphatic rings. The summed E-state index contributed by atoms with van der Waals surface area (Å²) in [6, 6.07) is 21.4. The van der Waals surface area contributed by atoms with Crippen LogP contribution in [0.3, 0.4) is 0 Å². The Kier molecular flexibility index (Phi) is 6.19. The number of anilines is 2. The molecule has 0 saturated heterocycles. The maximum absolute atomic E-state index is 12.3. The summed E-state index contributed by atoms with van der Waals surface area (Å²) in [5, 5.41) is 5.31. The van der Waals surface area contributed by atoms with Crippen molar-refractivity contribution >= 4 is 29.6 Å². The number of carbonyl (C=O) groups excluding carboxylic acids is 1. The maximum atomic E-state index is 12.3. The molecule has 0 saturated carbocycles. The van der Waals surface area contributed by atoms with E-state index in [2.05, 4.69) is 15.4 Å². The van der Waals surface area contributed by atoms with Gasteiger partial charge in [-0.3, -0.25) is 0 Å². The molecule has 0 aromatic heterocycles. The van der Waals surface area contributed by atoms with Crippen molar-refractivity contribution in [2.24, 2.45) is 0 Å². The van der Waals surface area contributed by atoms with Crippen molar-refractivity contribution in [1.82, 2.24) is 0 Å². The molecule has 0 radical (unpaired) electrons. The number of hydrogen-bond donors (Lipinski definition) is 2. The second kappa shape index (κ2) is 8.97. The Morgan fingerprint density at radius 3 is 2.14 bits per heavy atom. The van der Waals surface area contributed by atoms with E-state index in [4.69, 9.17) is 0 Å². The van der Waals surface area contributed by atoms with E-state index in [9.17, 15) is 18.0 Å². The SMILES string of the molecule is O=C(Nc1ccc(OC(F)(F)F)cc1)Nc1ccccc1/C=C/c1ccccc1. The van der Waals surface area contributed by atoms with Crippen molar-refractivity contribution in [3.63, 3.8) is 0 Å². The van der Waals surface area contributed by atoms with Gasteiger partial charge in [0.2, 0.25) is 0 Å². The molecule has 2 amide bonds. The number of nitrogens with one attached hydrogen (secondary N) is 2. The Hall–Kier alpha value is -3.74. The molecule has 4 nitrogen and oxygen atoms in total. The van der Waals surface area contributed by atoms with Gasteiger partial charge < -0.3 is 15.4 Å². The lowest BCUT2D eigenvalue weighted by Gasteiger charge is -2.11. The Morgan fingerprint density at radius 2 is 1.45 bits per heavy atom. The molecular weight excluding hydrogens is 381 g/mol. The Labute approximate surface area is 165 Å². The van der Waals surface area contributed by atoms with Gasteiger partial charge in [0, 0.05) is 11.4 Å². The van der Waals surface area contributed by atoms with E-state index in [0.29, 0.717) is 11.4 Å². The summed E-state index contributed by atoms with van der Waals surface area (Å²) in [6.45, 7) is 0. The molecule has 29 heavy (non-hydrogen) atoms. The summed E-state index contributed by atoms with van der Waals surface area (Å²) in [7, 11) is 0. The molecule has 3 aromatic rings. The van der Waals surface area contributed by atoms with Crippen LogP contribution in [0.1, 0.15) is 11.1 Å². The van der Waals surface area contributed by atoms with Crippen molar-refractivity contribution in [2.45, 2.75) is 6.36 Å². The third kappa shape index (κ3) is 6.42. The predicted octanol–water partition coefficient (Wildman–Crippen LogP) is 6.40. The van der Waals surface area contributed by atoms with E-state index in [1.54, 1.807) is 12.1 Å². The molecule has 7 heteroatoms. The van der Waals surface area contributed by atoms with Crippen LogP contribution in [0.5, 0.6) is 5.75 Å². The van der Waals surface area contributed by atoms with Crippen LogP contribution in [-0.4, -0.2) is 12.4 Å². The summed E-state index contributed by atoms with van der Waals surface area (Å²) in [6.07, 6.45) is -0.949. The number of ether oxygens (including phenoxy) is 1. The topological polar surface area (TPSA) is 50.4 Å². The van der Waals surface area contributed by atoms with Crippen LogP contribution >= 0.6 is 0 Å². The van der Waals surface area contributed by atoms with Crippen molar-refractivity contribution < 1.29 is 22.7 Å². The van der Waals surface area contributed by atoms with Crippen LogP contribution in [0.15, 0.2) is 78.9 Å². The fourth-order valence-corrected chi connectivity index (χ4v) is 2.53. The van der Waals surface area contributed by atoms with Crippen LogP contribution < -0.4 is 15.4 Å². The van der Waals surface area contributed by atoms with E-state index in [1.165, 1.54) is 12.1 Å². The zero-order valence-electron chi connectivity index (χ0n) is 15.1. The monoisotopic (exact) mass is 398 g/mol. The van der Waals surface area contributed by atoms with Gasteiger partial charge >= 0.3 is 12.4 Å². The van der Waals surface area contributed by atoms with Crippen LogP contribution in [0.25, 0.3) is 12.2 Å². The number of amides is 2. The largest absolute Gasteiger partial charge is 0.573 e. The molecule has 0 atom stereocenters. The number of benzene rings is 3. The van der Waals surface area contributed by atoms with Gasteiger partial charge in [-0.1, -0.05) is 60.7 Å². The number of urea groups is 1. The highest BCUT2D eigenvalue weighted by atomic mass is 19.4. The number of halogens is 3. The van der Waals surface area contributed by atoms with Crippen molar-refractivity contribution in [1.29, 1.82) is 0 Å². The van der Waals surface area contributed by atoms with Crippen LogP contribution in [-0.2, 0) is 0 Å². The third-order valence-electron chi connectivity index (χ3n) is 3.81. The molecule has 0 fully saturated rings. The lowest BCUT2D eigenvalue weighted by atomic mass is 10.1. The molecular formula is C22H17F3N2O2. The van der Waals surface area contributed by atoms with Gasteiger partial charge in [0.25, 0.3) is 0 Å². The van der Waals surface area contributed by atoms with Gasteiger partial charge in [-0.2, -0.15) is 0 Å². The minimum Gasteiger partial charge on any atom is -0.406 e. The lowest BCUT2D eigenvalue weighted by Crippen LogP contribution is -2.20. The first kappa shape index (κ1) is 20.0. The van der Waals surface area contributed by atoms with Crippen molar-refractivity contribution in [2.75, 3.05) is 10.6 Å². The highest BCUT2D eigenvalue weighted by Gasteiger charge is 2.30. The van der Waals surface area contributed by atoms with Gasteiger partial charge in [-0.05, 0) is 41.5 Å². The Balaban J connectivity index is 1.64. The molecule has 148 valence electrons. The minimum absolute atomic E-state index is 0.328. The Bertz CT molecular complexity index is 985. The van der Waals surface area contributed by atoms with E-state index in [1.807, 2.05) is 54.6 Å². The average molecular weight is 398 g/mol. The average Bonchev–Trinajstić information content (AvgIpc) is 2.68. The molecule has 3 rings (SSSR count). The first-order valence-electron chi connectivity index (χ1n) is 8.65. The van der Waals surface area contributed by atoms with Gasteiger partial charge in [0.1, 0.15) is 5.75 Å². The highest BCUT2D eigenvalue weighted by Crippen LogP contribution is 2.24. The summed E-state index contributed by atoms with van der Waals surface area (Å²) < 4.78 is 40.4. The summed E-state index contributed by atoms with van der Waals surface area (Å²) in [5.74, 6) is -0.361. The quantitative estimate of drug-likeness (QED) is 0.489. The molecule has 0 bridgehead atoms. The summed E-state index contributed by atoms with van der Waals surface area (Å²) in [4.78, 5) is 12.3. The molecule has 0 heterocycles. The third-order valence-corrected chi connectivity index (χ3v) is 3.81. The van der Waals surface area contributed by atoms with Crippen molar-refractivity contribution in [3.05, 3.63) is 90.0 Å². The van der Waals surface area contributed by atoms with Crippen LogP contribution in [0.4, 0.5) is 29.3 Å². The molecule has 0 spiro atoms. The zero-order valence-corrected chi connectivity index (χ0v) is 15.1. The first-order valence-corrected chi connectivity index (χ1v) is 8.65. The highest BCUT2D eigenvalue weighted by molar-refractivity contribution is 6.01. The lowest BCUT2D eigenvalue weighted by molar-refractivity contribution is -0.274. The van der Waals surface area contributed by atoms with Gasteiger partial charge in [-0.25, -0.2) is 4.79 Å². The van der Waals surface area contributed by atoms with E-state index in [0.717, 1.165) is 23.3 Å². The fraction of sp³-hybridized carbons (Fsp3) is 0.0455. The van der Waals surface area contributed by atoms with Crippen LogP contribution in [0, 0.1) is 0 Å². The number of rotatable bonds is 5. The summed E-state index contributed by atoms with van der Waals surface area (Å²) in [5.41, 5.74) is 2.75. The van der Waals surface area contributed by atoms with E-state index >= 15 is 0 Å². The molecule has 0 unspecified atom stereocenters. The van der Waals surface area contributed by atoms with E-state index < -0.39 is 12.4 Å². The van der Waals surface area contributed by atoms with Gasteiger partial charge in [0.05, 0.1) is 0 Å². The van der Waals surface area contributed by atoms with Crippen molar-refractivity contribution in [3.8, 4) is 5.75 Å². The smallest absolute Gasteiger partial charge is 0.406 e. The Morgan fingerprint density at radius 1 is 0.793 bits per heavy atom. The molecule has 2 N–H and O–H groups in total. The molecule has 0 aliphatic carbocycles. The second-order valence-electron chi connectivity index (χ2n) is 5.98. The number of carbonyl (C=O) groups is 1. The zero-order chi connectivity index (χ0) is 20.7. The number of para-hydroxylation sites is 1. The predicted molar refractivity (Wildman–Crippen MR) is 108 cm³/mol. The number of alkyl halides is 3.